The average Bonchev–Trinajstić information content (AvgIpc) is 2.69. The summed E-state index contributed by atoms with van der Waals surface area (Å²) in [5.41, 5.74) is 0. The van der Waals surface area contributed by atoms with Crippen LogP contribution in [0.4, 0.5) is 0 Å². The Balaban J connectivity index is 1.97. The van der Waals surface area contributed by atoms with Gasteiger partial charge in [-0.2, -0.15) is 0 Å². The highest BCUT2D eigenvalue weighted by Gasteiger charge is 2.39. The minimum Gasteiger partial charge on any atom is -0.467 e. The molecule has 17 heavy (non-hydrogen) atoms. The SMILES string of the molecule is COC(=O)[C@H]1CC=C[C@@H]([C@H]2COC(C)(C)O2)O1. The number of rotatable bonds is 2. The standard InChI is InChI=1S/C12H18O5/c1-12(2)15-7-10(17-12)8-5-4-6-9(16-8)11(13)14-3/h4-5,8-10H,6-7H2,1-3H3/t8-,9+,10+/m0/s1. The van der Waals surface area contributed by atoms with Crippen LogP contribution in [0.15, 0.2) is 12.2 Å². The lowest BCUT2D eigenvalue weighted by molar-refractivity contribution is -0.171. The summed E-state index contributed by atoms with van der Waals surface area (Å²) in [6.45, 7) is 4.19. The number of carbonyl (C=O) groups excluding carboxylic acids is 1. The average molecular weight is 242 g/mol. The molecule has 0 aromatic heterocycles. The maximum atomic E-state index is 11.4. The van der Waals surface area contributed by atoms with E-state index >= 15 is 0 Å². The quantitative estimate of drug-likeness (QED) is 0.534. The lowest BCUT2D eigenvalue weighted by Crippen LogP contribution is -2.39. The van der Waals surface area contributed by atoms with Crippen LogP contribution >= 0.6 is 0 Å². The van der Waals surface area contributed by atoms with Gasteiger partial charge in [0.15, 0.2) is 11.9 Å². The first-order valence-electron chi connectivity index (χ1n) is 5.73. The molecule has 0 saturated carbocycles. The third kappa shape index (κ3) is 2.86. The summed E-state index contributed by atoms with van der Waals surface area (Å²) >= 11 is 0. The van der Waals surface area contributed by atoms with Gasteiger partial charge >= 0.3 is 5.97 Å². The van der Waals surface area contributed by atoms with E-state index < -0.39 is 11.9 Å². The van der Waals surface area contributed by atoms with Gasteiger partial charge < -0.3 is 18.9 Å². The first-order chi connectivity index (χ1) is 8.02. The van der Waals surface area contributed by atoms with E-state index in [0.29, 0.717) is 13.0 Å². The lowest BCUT2D eigenvalue weighted by Gasteiger charge is -2.28. The zero-order valence-corrected chi connectivity index (χ0v) is 10.3. The summed E-state index contributed by atoms with van der Waals surface area (Å²) in [6, 6.07) is 0. The van der Waals surface area contributed by atoms with Crippen molar-refractivity contribution in [1.82, 2.24) is 0 Å². The van der Waals surface area contributed by atoms with Crippen molar-refractivity contribution >= 4 is 5.97 Å². The van der Waals surface area contributed by atoms with Gasteiger partial charge in [0.1, 0.15) is 12.2 Å². The zero-order valence-electron chi connectivity index (χ0n) is 10.3. The predicted octanol–water partition coefficient (Wildman–Crippen LogP) is 1.02. The van der Waals surface area contributed by atoms with Crippen LogP contribution in [0, 0.1) is 0 Å². The van der Waals surface area contributed by atoms with Crippen LogP contribution in [0.1, 0.15) is 20.3 Å². The Hall–Kier alpha value is -0.910. The van der Waals surface area contributed by atoms with Crippen molar-refractivity contribution in [3.63, 3.8) is 0 Å². The zero-order chi connectivity index (χ0) is 12.5. The molecule has 1 saturated heterocycles. The lowest BCUT2D eigenvalue weighted by atomic mass is 10.1. The van der Waals surface area contributed by atoms with Gasteiger partial charge in [-0.25, -0.2) is 4.79 Å². The smallest absolute Gasteiger partial charge is 0.335 e. The van der Waals surface area contributed by atoms with Crippen molar-refractivity contribution in [2.45, 2.75) is 44.4 Å². The second-order valence-corrected chi connectivity index (χ2v) is 4.64. The fourth-order valence-corrected chi connectivity index (χ4v) is 2.00. The Morgan fingerprint density at radius 1 is 1.47 bits per heavy atom. The summed E-state index contributed by atoms with van der Waals surface area (Å²) in [7, 11) is 1.36. The highest BCUT2D eigenvalue weighted by atomic mass is 16.7. The van der Waals surface area contributed by atoms with Crippen LogP contribution in [-0.4, -0.2) is 43.8 Å². The van der Waals surface area contributed by atoms with Crippen LogP contribution < -0.4 is 0 Å². The van der Waals surface area contributed by atoms with Crippen molar-refractivity contribution in [3.8, 4) is 0 Å². The molecule has 0 aromatic rings. The summed E-state index contributed by atoms with van der Waals surface area (Å²) in [4.78, 5) is 11.4. The van der Waals surface area contributed by atoms with Gasteiger partial charge in [0.2, 0.25) is 0 Å². The van der Waals surface area contributed by atoms with E-state index in [1.54, 1.807) is 0 Å². The molecular weight excluding hydrogens is 224 g/mol. The third-order valence-electron chi connectivity index (χ3n) is 2.86. The van der Waals surface area contributed by atoms with Crippen LogP contribution in [0.3, 0.4) is 0 Å². The Labute approximate surface area is 101 Å². The molecule has 2 heterocycles. The highest BCUT2D eigenvalue weighted by molar-refractivity contribution is 5.75. The second-order valence-electron chi connectivity index (χ2n) is 4.64. The summed E-state index contributed by atoms with van der Waals surface area (Å²) < 4.78 is 21.5. The highest BCUT2D eigenvalue weighted by Crippen LogP contribution is 2.28. The van der Waals surface area contributed by atoms with Crippen LogP contribution in [-0.2, 0) is 23.7 Å². The maximum absolute atomic E-state index is 11.4. The molecule has 2 rings (SSSR count). The minimum atomic E-state index is -0.583. The van der Waals surface area contributed by atoms with Crippen LogP contribution in [0.25, 0.3) is 0 Å². The van der Waals surface area contributed by atoms with Gasteiger partial charge in [-0.3, -0.25) is 0 Å². The van der Waals surface area contributed by atoms with Crippen molar-refractivity contribution in [2.75, 3.05) is 13.7 Å². The Morgan fingerprint density at radius 3 is 2.82 bits per heavy atom. The molecule has 0 spiro atoms. The Bertz CT molecular complexity index is 323. The number of carbonyl (C=O) groups is 1. The predicted molar refractivity (Wildman–Crippen MR) is 59.3 cm³/mol. The molecule has 96 valence electrons. The molecule has 2 aliphatic heterocycles. The fraction of sp³-hybridized carbons (Fsp3) is 0.750. The van der Waals surface area contributed by atoms with E-state index in [1.807, 2.05) is 26.0 Å². The molecule has 5 heteroatoms. The van der Waals surface area contributed by atoms with E-state index in [-0.39, 0.29) is 18.2 Å². The number of hydrogen-bond donors (Lipinski definition) is 0. The number of ether oxygens (including phenoxy) is 4. The largest absolute Gasteiger partial charge is 0.467 e. The monoisotopic (exact) mass is 242 g/mol. The molecule has 0 amide bonds. The van der Waals surface area contributed by atoms with Gasteiger partial charge in [-0.05, 0) is 13.8 Å². The second kappa shape index (κ2) is 4.76. The van der Waals surface area contributed by atoms with Crippen molar-refractivity contribution in [3.05, 3.63) is 12.2 Å². The van der Waals surface area contributed by atoms with Gasteiger partial charge in [-0.15, -0.1) is 0 Å². The molecule has 5 nitrogen and oxygen atoms in total. The molecule has 3 atom stereocenters. The summed E-state index contributed by atoms with van der Waals surface area (Å²) in [5.74, 6) is -0.933. The normalized spacial score (nSPS) is 35.8. The third-order valence-corrected chi connectivity index (χ3v) is 2.86. The molecule has 0 radical (unpaired) electrons. The molecular formula is C12H18O5. The van der Waals surface area contributed by atoms with Crippen LogP contribution in [0.5, 0.6) is 0 Å². The van der Waals surface area contributed by atoms with E-state index in [9.17, 15) is 4.79 Å². The van der Waals surface area contributed by atoms with Gasteiger partial charge in [0.05, 0.1) is 13.7 Å². The first-order valence-corrected chi connectivity index (χ1v) is 5.73. The minimum absolute atomic E-state index is 0.172. The van der Waals surface area contributed by atoms with Crippen molar-refractivity contribution in [2.24, 2.45) is 0 Å². The molecule has 0 aromatic carbocycles. The molecule has 0 bridgehead atoms. The topological polar surface area (TPSA) is 54.0 Å². The first kappa shape index (κ1) is 12.5. The Kier molecular flexibility index (Phi) is 3.51. The van der Waals surface area contributed by atoms with E-state index in [4.69, 9.17) is 14.2 Å². The number of esters is 1. The van der Waals surface area contributed by atoms with Gasteiger partial charge in [-0.1, -0.05) is 12.2 Å². The summed E-state index contributed by atoms with van der Waals surface area (Å²) in [6.07, 6.45) is 3.41. The van der Waals surface area contributed by atoms with Crippen LogP contribution in [0.2, 0.25) is 0 Å². The number of methoxy groups -OCH3 is 1. The van der Waals surface area contributed by atoms with Crippen molar-refractivity contribution < 1.29 is 23.7 Å². The molecule has 1 fully saturated rings. The number of hydrogen-bond acceptors (Lipinski definition) is 5. The maximum Gasteiger partial charge on any atom is 0.335 e. The van der Waals surface area contributed by atoms with E-state index in [1.165, 1.54) is 7.11 Å². The molecule has 2 aliphatic rings. The van der Waals surface area contributed by atoms with E-state index in [0.717, 1.165) is 0 Å². The molecule has 0 aliphatic carbocycles. The Morgan fingerprint density at radius 2 is 2.24 bits per heavy atom. The molecule has 0 unspecified atom stereocenters. The summed E-state index contributed by atoms with van der Waals surface area (Å²) in [5, 5.41) is 0. The van der Waals surface area contributed by atoms with Gasteiger partial charge in [0, 0.05) is 6.42 Å². The van der Waals surface area contributed by atoms with E-state index in [2.05, 4.69) is 4.74 Å². The van der Waals surface area contributed by atoms with Crippen molar-refractivity contribution in [1.29, 1.82) is 0 Å². The fourth-order valence-electron chi connectivity index (χ4n) is 2.00. The molecule has 0 N–H and O–H groups in total. The van der Waals surface area contributed by atoms with Gasteiger partial charge in [0.25, 0.3) is 0 Å².